The standard InChI is InChI=1S/C21H25N3O2S/c1-26-17-9-7-16(8-10-17)19-14-18(20-6-5-13-27-20)22-24(19)21(25)15-23-11-3-2-4-12-23/h5-10,13,19H,2-4,11-12,14-15H2,1H3/t19-/m0/s1. The smallest absolute Gasteiger partial charge is 0.257 e. The minimum Gasteiger partial charge on any atom is -0.497 e. The Kier molecular flexibility index (Phi) is 5.55. The number of hydrogen-bond donors (Lipinski definition) is 0. The van der Waals surface area contributed by atoms with Crippen LogP contribution in [0.4, 0.5) is 0 Å². The first-order valence-electron chi connectivity index (χ1n) is 9.54. The average Bonchev–Trinajstić information content (AvgIpc) is 3.39. The van der Waals surface area contributed by atoms with Crippen molar-refractivity contribution in [2.24, 2.45) is 5.10 Å². The van der Waals surface area contributed by atoms with Gasteiger partial charge in [-0.15, -0.1) is 11.3 Å². The van der Waals surface area contributed by atoms with Gasteiger partial charge in [0.25, 0.3) is 5.91 Å². The predicted octanol–water partition coefficient (Wildman–Crippen LogP) is 3.92. The predicted molar refractivity (Wildman–Crippen MR) is 108 cm³/mol. The summed E-state index contributed by atoms with van der Waals surface area (Å²) in [6.07, 6.45) is 4.37. The van der Waals surface area contributed by atoms with Crippen LogP contribution in [0.15, 0.2) is 46.9 Å². The molecule has 0 N–H and O–H groups in total. The molecular formula is C21H25N3O2S. The summed E-state index contributed by atoms with van der Waals surface area (Å²) in [5, 5.41) is 8.52. The van der Waals surface area contributed by atoms with Crippen LogP contribution >= 0.6 is 11.3 Å². The molecule has 4 rings (SSSR count). The van der Waals surface area contributed by atoms with Gasteiger partial charge in [0.15, 0.2) is 0 Å². The second-order valence-electron chi connectivity index (χ2n) is 7.09. The van der Waals surface area contributed by atoms with E-state index in [9.17, 15) is 4.79 Å². The van der Waals surface area contributed by atoms with E-state index in [0.29, 0.717) is 6.54 Å². The van der Waals surface area contributed by atoms with Crippen molar-refractivity contribution in [1.82, 2.24) is 9.91 Å². The molecule has 1 aromatic heterocycles. The summed E-state index contributed by atoms with van der Waals surface area (Å²) in [4.78, 5) is 16.5. The van der Waals surface area contributed by atoms with Crippen LogP contribution in [0.5, 0.6) is 5.75 Å². The first-order valence-corrected chi connectivity index (χ1v) is 10.4. The Labute approximate surface area is 164 Å². The van der Waals surface area contributed by atoms with E-state index >= 15 is 0 Å². The molecule has 1 aromatic carbocycles. The number of nitrogens with zero attached hydrogens (tertiary/aromatic N) is 3. The van der Waals surface area contributed by atoms with Gasteiger partial charge in [0, 0.05) is 6.42 Å². The fourth-order valence-corrected chi connectivity index (χ4v) is 4.52. The monoisotopic (exact) mass is 383 g/mol. The second-order valence-corrected chi connectivity index (χ2v) is 8.04. The molecule has 1 saturated heterocycles. The zero-order valence-electron chi connectivity index (χ0n) is 15.6. The molecular weight excluding hydrogens is 358 g/mol. The molecule has 142 valence electrons. The quantitative estimate of drug-likeness (QED) is 0.786. The van der Waals surface area contributed by atoms with Crippen LogP contribution in [0.2, 0.25) is 0 Å². The van der Waals surface area contributed by atoms with Gasteiger partial charge in [0.05, 0.1) is 30.3 Å². The highest BCUT2D eigenvalue weighted by Gasteiger charge is 2.34. The van der Waals surface area contributed by atoms with Crippen molar-refractivity contribution in [3.05, 3.63) is 52.2 Å². The van der Waals surface area contributed by atoms with Crippen molar-refractivity contribution in [2.45, 2.75) is 31.7 Å². The van der Waals surface area contributed by atoms with Crippen molar-refractivity contribution in [3.63, 3.8) is 0 Å². The van der Waals surface area contributed by atoms with E-state index in [1.165, 1.54) is 19.3 Å². The van der Waals surface area contributed by atoms with Crippen molar-refractivity contribution in [3.8, 4) is 5.75 Å². The molecule has 0 unspecified atom stereocenters. The van der Waals surface area contributed by atoms with Crippen LogP contribution < -0.4 is 4.74 Å². The fourth-order valence-electron chi connectivity index (χ4n) is 3.80. The van der Waals surface area contributed by atoms with Crippen LogP contribution in [-0.2, 0) is 4.79 Å². The molecule has 1 fully saturated rings. The van der Waals surface area contributed by atoms with E-state index in [1.807, 2.05) is 30.3 Å². The number of carbonyl (C=O) groups is 1. The SMILES string of the molecule is COc1ccc([C@@H]2CC(c3cccs3)=NN2C(=O)CN2CCCCC2)cc1. The number of rotatable bonds is 5. The summed E-state index contributed by atoms with van der Waals surface area (Å²) in [5.74, 6) is 0.909. The van der Waals surface area contributed by atoms with Gasteiger partial charge in [-0.2, -0.15) is 5.10 Å². The molecule has 27 heavy (non-hydrogen) atoms. The summed E-state index contributed by atoms with van der Waals surface area (Å²) >= 11 is 1.67. The van der Waals surface area contributed by atoms with Gasteiger partial charge >= 0.3 is 0 Å². The molecule has 2 aromatic rings. The Morgan fingerprint density at radius 2 is 1.96 bits per heavy atom. The topological polar surface area (TPSA) is 45.1 Å². The maximum absolute atomic E-state index is 13.1. The normalized spacial score (nSPS) is 20.6. The summed E-state index contributed by atoms with van der Waals surface area (Å²) in [5.41, 5.74) is 2.09. The Hall–Kier alpha value is -2.18. The lowest BCUT2D eigenvalue weighted by Crippen LogP contribution is -2.40. The van der Waals surface area contributed by atoms with Crippen molar-refractivity contribution in [1.29, 1.82) is 0 Å². The molecule has 2 aliphatic heterocycles. The minimum absolute atomic E-state index is 0.0507. The van der Waals surface area contributed by atoms with Gasteiger partial charge in [-0.05, 0) is 55.1 Å². The number of likely N-dealkylation sites (tertiary alicyclic amines) is 1. The van der Waals surface area contributed by atoms with Gasteiger partial charge in [-0.3, -0.25) is 9.69 Å². The number of benzene rings is 1. The maximum Gasteiger partial charge on any atom is 0.257 e. The third-order valence-corrected chi connectivity index (χ3v) is 6.20. The molecule has 6 heteroatoms. The van der Waals surface area contributed by atoms with Gasteiger partial charge in [-0.25, -0.2) is 5.01 Å². The molecule has 5 nitrogen and oxygen atoms in total. The second kappa shape index (κ2) is 8.23. The largest absolute Gasteiger partial charge is 0.497 e. The van der Waals surface area contributed by atoms with E-state index in [4.69, 9.17) is 9.84 Å². The Balaban J connectivity index is 1.57. The van der Waals surface area contributed by atoms with E-state index < -0.39 is 0 Å². The Morgan fingerprint density at radius 1 is 1.19 bits per heavy atom. The lowest BCUT2D eigenvalue weighted by Gasteiger charge is -2.29. The van der Waals surface area contributed by atoms with E-state index in [0.717, 1.165) is 41.4 Å². The van der Waals surface area contributed by atoms with Crippen LogP contribution in [0.1, 0.15) is 42.2 Å². The Morgan fingerprint density at radius 3 is 2.63 bits per heavy atom. The highest BCUT2D eigenvalue weighted by atomic mass is 32.1. The number of carbonyl (C=O) groups excluding carboxylic acids is 1. The summed E-state index contributed by atoms with van der Waals surface area (Å²) in [6, 6.07) is 12.0. The maximum atomic E-state index is 13.1. The molecule has 1 amide bonds. The van der Waals surface area contributed by atoms with Crippen molar-refractivity contribution in [2.75, 3.05) is 26.7 Å². The highest BCUT2D eigenvalue weighted by molar-refractivity contribution is 7.12. The molecule has 0 spiro atoms. The van der Waals surface area contributed by atoms with Crippen molar-refractivity contribution >= 4 is 23.0 Å². The number of hydrazone groups is 1. The summed E-state index contributed by atoms with van der Waals surface area (Å²) < 4.78 is 5.27. The van der Waals surface area contributed by atoms with Gasteiger partial charge in [0.1, 0.15) is 5.75 Å². The molecule has 0 radical (unpaired) electrons. The molecule has 2 aliphatic rings. The van der Waals surface area contributed by atoms with Crippen LogP contribution in [0, 0.1) is 0 Å². The number of methoxy groups -OCH3 is 1. The number of thiophene rings is 1. The van der Waals surface area contributed by atoms with E-state index in [1.54, 1.807) is 23.5 Å². The number of hydrogen-bond acceptors (Lipinski definition) is 5. The van der Waals surface area contributed by atoms with Crippen LogP contribution in [-0.4, -0.2) is 48.3 Å². The Bertz CT molecular complexity index is 795. The van der Waals surface area contributed by atoms with E-state index in [2.05, 4.69) is 16.3 Å². The number of piperidine rings is 1. The van der Waals surface area contributed by atoms with Crippen molar-refractivity contribution < 1.29 is 9.53 Å². The third-order valence-electron chi connectivity index (χ3n) is 5.28. The van der Waals surface area contributed by atoms with Gasteiger partial charge in [-0.1, -0.05) is 24.6 Å². The highest BCUT2D eigenvalue weighted by Crippen LogP contribution is 2.34. The van der Waals surface area contributed by atoms with Gasteiger partial charge in [0.2, 0.25) is 0 Å². The number of ether oxygens (including phenoxy) is 1. The lowest BCUT2D eigenvalue weighted by atomic mass is 10.0. The summed E-state index contributed by atoms with van der Waals surface area (Å²) in [7, 11) is 1.66. The minimum atomic E-state index is -0.0507. The van der Waals surface area contributed by atoms with Crippen LogP contribution in [0.25, 0.3) is 0 Å². The molecule has 0 aliphatic carbocycles. The first kappa shape index (κ1) is 18.2. The zero-order chi connectivity index (χ0) is 18.6. The molecule has 0 saturated carbocycles. The zero-order valence-corrected chi connectivity index (χ0v) is 16.5. The lowest BCUT2D eigenvalue weighted by molar-refractivity contribution is -0.134. The molecule has 1 atom stereocenters. The average molecular weight is 384 g/mol. The fraction of sp³-hybridized carbons (Fsp3) is 0.429. The number of amides is 1. The third kappa shape index (κ3) is 4.06. The van der Waals surface area contributed by atoms with Gasteiger partial charge < -0.3 is 4.74 Å². The molecule has 0 bridgehead atoms. The molecule has 3 heterocycles. The van der Waals surface area contributed by atoms with Crippen LogP contribution in [0.3, 0.4) is 0 Å². The first-order chi connectivity index (χ1) is 13.2. The summed E-state index contributed by atoms with van der Waals surface area (Å²) in [6.45, 7) is 2.47. The van der Waals surface area contributed by atoms with E-state index in [-0.39, 0.29) is 11.9 Å².